The Kier molecular flexibility index (Phi) is 5.35. The average molecular weight is 419 g/mol. The number of anilines is 1. The van der Waals surface area contributed by atoms with Crippen molar-refractivity contribution in [3.8, 4) is 0 Å². The van der Waals surface area contributed by atoms with Gasteiger partial charge in [0.2, 0.25) is 5.91 Å². The second-order valence-corrected chi connectivity index (χ2v) is 8.23. The Morgan fingerprint density at radius 1 is 0.968 bits per heavy atom. The summed E-state index contributed by atoms with van der Waals surface area (Å²) in [6.07, 6.45) is 2.32. The summed E-state index contributed by atoms with van der Waals surface area (Å²) < 4.78 is 0. The molecule has 2 atom stereocenters. The fraction of sp³-hybridized carbons (Fsp3) is 0.333. The van der Waals surface area contributed by atoms with Crippen molar-refractivity contribution < 1.29 is 19.2 Å². The van der Waals surface area contributed by atoms with Crippen LogP contribution in [0.2, 0.25) is 0 Å². The minimum absolute atomic E-state index is 0.0818. The number of carbonyl (C=O) groups excluding carboxylic acids is 4. The van der Waals surface area contributed by atoms with E-state index in [0.717, 1.165) is 30.4 Å². The maximum Gasteiger partial charge on any atom is 0.266 e. The summed E-state index contributed by atoms with van der Waals surface area (Å²) in [5.41, 5.74) is 3.11. The quantitative estimate of drug-likeness (QED) is 0.745. The molecule has 0 bridgehead atoms. The molecule has 7 heteroatoms. The topological polar surface area (TPSA) is 95.6 Å². The number of fused-ring (bicyclic) bond motifs is 1. The SMILES string of the molecule is CNC(=O)C1CCCC1NC(=O)c1ccc2c(c1)C(=O)N(c1cc(C)ccc1C)C2=O. The first-order chi connectivity index (χ1) is 14.8. The zero-order valence-electron chi connectivity index (χ0n) is 17.8. The van der Waals surface area contributed by atoms with Crippen LogP contribution in [0.3, 0.4) is 0 Å². The minimum atomic E-state index is -0.438. The number of nitrogens with zero attached hydrogens (tertiary/aromatic N) is 1. The zero-order chi connectivity index (χ0) is 22.3. The van der Waals surface area contributed by atoms with Gasteiger partial charge in [0.1, 0.15) is 0 Å². The van der Waals surface area contributed by atoms with E-state index in [1.54, 1.807) is 13.1 Å². The van der Waals surface area contributed by atoms with Gasteiger partial charge in [0.25, 0.3) is 17.7 Å². The van der Waals surface area contributed by atoms with E-state index in [1.165, 1.54) is 17.0 Å². The van der Waals surface area contributed by atoms with Crippen LogP contribution in [0.25, 0.3) is 0 Å². The molecule has 1 fully saturated rings. The number of benzene rings is 2. The lowest BCUT2D eigenvalue weighted by Gasteiger charge is -2.19. The lowest BCUT2D eigenvalue weighted by Crippen LogP contribution is -2.43. The molecule has 31 heavy (non-hydrogen) atoms. The second-order valence-electron chi connectivity index (χ2n) is 8.23. The Morgan fingerprint density at radius 2 is 1.71 bits per heavy atom. The van der Waals surface area contributed by atoms with Gasteiger partial charge in [-0.1, -0.05) is 18.6 Å². The predicted molar refractivity (Wildman–Crippen MR) is 116 cm³/mol. The first-order valence-corrected chi connectivity index (χ1v) is 10.4. The summed E-state index contributed by atoms with van der Waals surface area (Å²) >= 11 is 0. The molecule has 0 spiro atoms. The van der Waals surface area contributed by atoms with E-state index >= 15 is 0 Å². The van der Waals surface area contributed by atoms with E-state index in [1.807, 2.05) is 32.0 Å². The van der Waals surface area contributed by atoms with E-state index in [4.69, 9.17) is 0 Å². The van der Waals surface area contributed by atoms with Crippen LogP contribution in [0.4, 0.5) is 5.69 Å². The molecule has 2 N–H and O–H groups in total. The van der Waals surface area contributed by atoms with Crippen molar-refractivity contribution in [3.63, 3.8) is 0 Å². The molecule has 2 aromatic carbocycles. The third kappa shape index (κ3) is 3.60. The molecule has 1 aliphatic heterocycles. The maximum absolute atomic E-state index is 13.1. The van der Waals surface area contributed by atoms with Crippen LogP contribution < -0.4 is 15.5 Å². The van der Waals surface area contributed by atoms with Crippen molar-refractivity contribution in [1.29, 1.82) is 0 Å². The molecule has 1 aliphatic carbocycles. The van der Waals surface area contributed by atoms with Gasteiger partial charge in [-0.2, -0.15) is 0 Å². The lowest BCUT2D eigenvalue weighted by atomic mass is 10.0. The van der Waals surface area contributed by atoms with Gasteiger partial charge in [-0.3, -0.25) is 19.2 Å². The molecular formula is C24H25N3O4. The Morgan fingerprint density at radius 3 is 2.45 bits per heavy atom. The summed E-state index contributed by atoms with van der Waals surface area (Å²) in [6, 6.07) is 9.91. The number of carbonyl (C=O) groups is 4. The Bertz CT molecular complexity index is 1110. The Labute approximate surface area is 180 Å². The van der Waals surface area contributed by atoms with Crippen molar-refractivity contribution >= 4 is 29.3 Å². The Hall–Kier alpha value is -3.48. The third-order valence-corrected chi connectivity index (χ3v) is 6.17. The van der Waals surface area contributed by atoms with Crippen molar-refractivity contribution in [3.05, 3.63) is 64.2 Å². The molecule has 1 heterocycles. The normalized spacial score (nSPS) is 20.0. The smallest absolute Gasteiger partial charge is 0.266 e. The fourth-order valence-corrected chi connectivity index (χ4v) is 4.44. The zero-order valence-corrected chi connectivity index (χ0v) is 17.8. The number of aryl methyl sites for hydroxylation is 2. The first-order valence-electron chi connectivity index (χ1n) is 10.4. The Balaban J connectivity index is 1.59. The lowest BCUT2D eigenvalue weighted by molar-refractivity contribution is -0.124. The van der Waals surface area contributed by atoms with Gasteiger partial charge in [-0.15, -0.1) is 0 Å². The van der Waals surface area contributed by atoms with E-state index in [2.05, 4.69) is 10.6 Å². The maximum atomic E-state index is 13.1. The fourth-order valence-electron chi connectivity index (χ4n) is 4.44. The molecule has 4 rings (SSSR count). The number of hydrogen-bond donors (Lipinski definition) is 2. The molecule has 2 unspecified atom stereocenters. The average Bonchev–Trinajstić information content (AvgIpc) is 3.32. The van der Waals surface area contributed by atoms with E-state index < -0.39 is 11.8 Å². The van der Waals surface area contributed by atoms with Crippen molar-refractivity contribution in [2.45, 2.75) is 39.2 Å². The largest absolute Gasteiger partial charge is 0.359 e. The summed E-state index contributed by atoms with van der Waals surface area (Å²) in [5.74, 6) is -1.52. The number of nitrogens with one attached hydrogen (secondary N) is 2. The summed E-state index contributed by atoms with van der Waals surface area (Å²) in [4.78, 5) is 52.1. The van der Waals surface area contributed by atoms with Crippen molar-refractivity contribution in [2.24, 2.45) is 5.92 Å². The molecule has 0 saturated heterocycles. The summed E-state index contributed by atoms with van der Waals surface area (Å²) in [6.45, 7) is 3.75. The molecule has 0 radical (unpaired) electrons. The van der Waals surface area contributed by atoms with Crippen molar-refractivity contribution in [1.82, 2.24) is 10.6 Å². The highest BCUT2D eigenvalue weighted by molar-refractivity contribution is 6.35. The van der Waals surface area contributed by atoms with E-state index in [0.29, 0.717) is 11.3 Å². The highest BCUT2D eigenvalue weighted by atomic mass is 16.2. The predicted octanol–water partition coefficient (Wildman–Crippen LogP) is 2.75. The second kappa shape index (κ2) is 7.98. The number of hydrogen-bond acceptors (Lipinski definition) is 4. The van der Waals surface area contributed by atoms with Crippen LogP contribution in [0.15, 0.2) is 36.4 Å². The molecule has 1 saturated carbocycles. The molecule has 4 amide bonds. The van der Waals surface area contributed by atoms with Gasteiger partial charge in [0.15, 0.2) is 0 Å². The van der Waals surface area contributed by atoms with E-state index in [-0.39, 0.29) is 34.9 Å². The minimum Gasteiger partial charge on any atom is -0.359 e. The third-order valence-electron chi connectivity index (χ3n) is 6.17. The number of amides is 4. The van der Waals surface area contributed by atoms with Gasteiger partial charge in [-0.25, -0.2) is 4.90 Å². The van der Waals surface area contributed by atoms with Crippen LogP contribution >= 0.6 is 0 Å². The first kappa shape index (κ1) is 20.8. The van der Waals surface area contributed by atoms with Gasteiger partial charge >= 0.3 is 0 Å². The van der Waals surface area contributed by atoms with E-state index in [9.17, 15) is 19.2 Å². The number of rotatable bonds is 4. The molecule has 7 nitrogen and oxygen atoms in total. The van der Waals surface area contributed by atoms with Gasteiger partial charge < -0.3 is 10.6 Å². The van der Waals surface area contributed by atoms with Gasteiger partial charge in [-0.05, 0) is 62.1 Å². The van der Waals surface area contributed by atoms with Gasteiger partial charge in [0.05, 0.1) is 22.7 Å². The molecular weight excluding hydrogens is 394 g/mol. The number of imide groups is 1. The molecule has 160 valence electrons. The summed E-state index contributed by atoms with van der Waals surface area (Å²) in [5, 5.41) is 5.57. The van der Waals surface area contributed by atoms with Crippen molar-refractivity contribution in [2.75, 3.05) is 11.9 Å². The van der Waals surface area contributed by atoms with Gasteiger partial charge in [0, 0.05) is 18.7 Å². The standard InChI is InChI=1S/C24H25N3O4/c1-13-7-8-14(2)20(11-13)27-23(30)16-10-9-15(12-18(16)24(27)31)21(28)26-19-6-4-5-17(19)22(29)25-3/h7-12,17,19H,4-6H2,1-3H3,(H,25,29)(H,26,28). The van der Waals surface area contributed by atoms with Crippen LogP contribution in [0.5, 0.6) is 0 Å². The highest BCUT2D eigenvalue weighted by Gasteiger charge is 2.38. The highest BCUT2D eigenvalue weighted by Crippen LogP contribution is 2.32. The van der Waals surface area contributed by atoms with Crippen LogP contribution in [-0.4, -0.2) is 36.7 Å². The van der Waals surface area contributed by atoms with Crippen LogP contribution in [-0.2, 0) is 4.79 Å². The molecule has 2 aromatic rings. The van der Waals surface area contributed by atoms with Crippen LogP contribution in [0.1, 0.15) is 61.5 Å². The molecule has 0 aromatic heterocycles. The van der Waals surface area contributed by atoms with Crippen LogP contribution in [0, 0.1) is 19.8 Å². The molecule has 2 aliphatic rings. The summed E-state index contributed by atoms with van der Waals surface area (Å²) in [7, 11) is 1.59. The monoisotopic (exact) mass is 419 g/mol.